The second-order valence-electron chi connectivity index (χ2n) is 2.87. The Morgan fingerprint density at radius 1 is 1.40 bits per heavy atom. The summed E-state index contributed by atoms with van der Waals surface area (Å²) in [5, 5.41) is 3.38. The third-order valence-electron chi connectivity index (χ3n) is 1.96. The molecule has 0 saturated carbocycles. The fourth-order valence-corrected chi connectivity index (χ4v) is 1.21. The summed E-state index contributed by atoms with van der Waals surface area (Å²) in [5.41, 5.74) is 0. The molecule has 1 atom stereocenters. The summed E-state index contributed by atoms with van der Waals surface area (Å²) in [5.74, 6) is 0.907. The average Bonchev–Trinajstić information content (AvgIpc) is 1.98. The van der Waals surface area contributed by atoms with Gasteiger partial charge in [-0.3, -0.25) is 0 Å². The molecule has 1 unspecified atom stereocenters. The first kappa shape index (κ1) is 10.0. The SMILES string of the molecule is CBNCC(CC)CCC. The van der Waals surface area contributed by atoms with Crippen molar-refractivity contribution in [3.8, 4) is 0 Å². The summed E-state index contributed by atoms with van der Waals surface area (Å²) in [7, 11) is 1.11. The van der Waals surface area contributed by atoms with Gasteiger partial charge in [0.1, 0.15) is 0 Å². The second kappa shape index (κ2) is 7.14. The maximum Gasteiger partial charge on any atom is 0.197 e. The van der Waals surface area contributed by atoms with E-state index in [1.165, 1.54) is 25.8 Å². The highest BCUT2D eigenvalue weighted by atomic mass is 14.7. The Balaban J connectivity index is 3.21. The Hall–Kier alpha value is 0.0249. The van der Waals surface area contributed by atoms with Crippen molar-refractivity contribution in [1.29, 1.82) is 0 Å². The second-order valence-corrected chi connectivity index (χ2v) is 2.87. The highest BCUT2D eigenvalue weighted by Gasteiger charge is 2.02. The van der Waals surface area contributed by atoms with Gasteiger partial charge in [-0.15, -0.1) is 0 Å². The average molecular weight is 141 g/mol. The molecular weight excluding hydrogens is 121 g/mol. The largest absolute Gasteiger partial charge is 0.359 e. The van der Waals surface area contributed by atoms with E-state index in [1.54, 1.807) is 0 Å². The van der Waals surface area contributed by atoms with Gasteiger partial charge in [0.05, 0.1) is 0 Å². The van der Waals surface area contributed by atoms with E-state index in [2.05, 4.69) is 25.9 Å². The van der Waals surface area contributed by atoms with Gasteiger partial charge >= 0.3 is 0 Å². The summed E-state index contributed by atoms with van der Waals surface area (Å²) in [6.07, 6.45) is 4.02. The molecular formula is C8H20BN. The van der Waals surface area contributed by atoms with Crippen LogP contribution in [0.2, 0.25) is 6.82 Å². The van der Waals surface area contributed by atoms with Crippen LogP contribution in [-0.4, -0.2) is 14.0 Å². The van der Waals surface area contributed by atoms with Crippen LogP contribution in [0.1, 0.15) is 33.1 Å². The van der Waals surface area contributed by atoms with Gasteiger partial charge in [0, 0.05) is 0 Å². The molecule has 0 bridgehead atoms. The Kier molecular flexibility index (Phi) is 7.15. The summed E-state index contributed by atoms with van der Waals surface area (Å²) in [4.78, 5) is 0. The van der Waals surface area contributed by atoms with Crippen molar-refractivity contribution in [3.05, 3.63) is 0 Å². The summed E-state index contributed by atoms with van der Waals surface area (Å²) >= 11 is 0. The minimum atomic E-state index is 0.907. The first-order valence-corrected chi connectivity index (χ1v) is 4.55. The summed E-state index contributed by atoms with van der Waals surface area (Å²) in [6, 6.07) is 0. The van der Waals surface area contributed by atoms with Crippen molar-refractivity contribution in [1.82, 2.24) is 5.23 Å². The zero-order valence-corrected chi connectivity index (χ0v) is 7.61. The van der Waals surface area contributed by atoms with E-state index >= 15 is 0 Å². The van der Waals surface area contributed by atoms with Crippen LogP contribution in [0.25, 0.3) is 0 Å². The van der Waals surface area contributed by atoms with Gasteiger partial charge in [-0.25, -0.2) is 0 Å². The molecule has 0 aliphatic rings. The fourth-order valence-electron chi connectivity index (χ4n) is 1.21. The molecule has 10 heavy (non-hydrogen) atoms. The molecule has 60 valence electrons. The van der Waals surface area contributed by atoms with Crippen molar-refractivity contribution < 1.29 is 0 Å². The molecule has 0 fully saturated rings. The van der Waals surface area contributed by atoms with Crippen LogP contribution in [0.3, 0.4) is 0 Å². The number of nitrogens with one attached hydrogen (secondary N) is 1. The summed E-state index contributed by atoms with van der Waals surface area (Å²) < 4.78 is 0. The number of rotatable bonds is 6. The highest BCUT2D eigenvalue weighted by Crippen LogP contribution is 2.08. The van der Waals surface area contributed by atoms with Crippen LogP contribution < -0.4 is 5.23 Å². The standard InChI is InChI=1S/C8H20BN/c1-4-6-8(5-2)7-10-9-3/h8-10H,4-7H2,1-3H3. The minimum absolute atomic E-state index is 0.907. The van der Waals surface area contributed by atoms with Crippen molar-refractivity contribution in [2.45, 2.75) is 39.9 Å². The lowest BCUT2D eigenvalue weighted by molar-refractivity contribution is 0.461. The summed E-state index contributed by atoms with van der Waals surface area (Å²) in [6.45, 7) is 7.91. The van der Waals surface area contributed by atoms with Crippen molar-refractivity contribution in [3.63, 3.8) is 0 Å². The Bertz CT molecular complexity index is 66.3. The lowest BCUT2D eigenvalue weighted by Crippen LogP contribution is -2.24. The first-order valence-electron chi connectivity index (χ1n) is 4.55. The van der Waals surface area contributed by atoms with Crippen LogP contribution >= 0.6 is 0 Å². The Labute approximate surface area is 65.9 Å². The van der Waals surface area contributed by atoms with Gasteiger partial charge in [0.25, 0.3) is 0 Å². The maximum absolute atomic E-state index is 3.38. The molecule has 0 aromatic heterocycles. The van der Waals surface area contributed by atoms with Gasteiger partial charge in [-0.05, 0) is 18.9 Å². The Morgan fingerprint density at radius 3 is 2.50 bits per heavy atom. The molecule has 0 radical (unpaired) electrons. The monoisotopic (exact) mass is 141 g/mol. The Morgan fingerprint density at radius 2 is 2.10 bits per heavy atom. The lowest BCUT2D eigenvalue weighted by atomic mass is 9.95. The molecule has 0 aliphatic carbocycles. The predicted octanol–water partition coefficient (Wildman–Crippen LogP) is 1.80. The van der Waals surface area contributed by atoms with Crippen molar-refractivity contribution in [2.75, 3.05) is 6.54 Å². The van der Waals surface area contributed by atoms with Crippen molar-refractivity contribution >= 4 is 7.41 Å². The highest BCUT2D eigenvalue weighted by molar-refractivity contribution is 6.29. The molecule has 0 aromatic rings. The van der Waals surface area contributed by atoms with Crippen molar-refractivity contribution in [2.24, 2.45) is 5.92 Å². The maximum atomic E-state index is 3.38. The quantitative estimate of drug-likeness (QED) is 0.556. The molecule has 0 heterocycles. The molecule has 0 aromatic carbocycles. The first-order chi connectivity index (χ1) is 4.85. The van der Waals surface area contributed by atoms with Gasteiger partial charge in [-0.2, -0.15) is 0 Å². The normalized spacial score (nSPS) is 13.1. The van der Waals surface area contributed by atoms with E-state index < -0.39 is 0 Å². The lowest BCUT2D eigenvalue weighted by Gasteiger charge is -2.12. The van der Waals surface area contributed by atoms with Crippen LogP contribution in [-0.2, 0) is 0 Å². The molecule has 0 saturated heterocycles. The topological polar surface area (TPSA) is 12.0 Å². The molecule has 0 aliphatic heterocycles. The minimum Gasteiger partial charge on any atom is -0.359 e. The van der Waals surface area contributed by atoms with Crippen LogP contribution in [0.4, 0.5) is 0 Å². The number of hydrogen-bond acceptors (Lipinski definition) is 1. The van der Waals surface area contributed by atoms with Crippen LogP contribution in [0.15, 0.2) is 0 Å². The smallest absolute Gasteiger partial charge is 0.197 e. The van der Waals surface area contributed by atoms with Gasteiger partial charge in [-0.1, -0.05) is 33.5 Å². The molecule has 0 rings (SSSR count). The third-order valence-corrected chi connectivity index (χ3v) is 1.96. The van der Waals surface area contributed by atoms with Gasteiger partial charge in [0.2, 0.25) is 0 Å². The zero-order chi connectivity index (χ0) is 7.82. The molecule has 1 N–H and O–H groups in total. The van der Waals surface area contributed by atoms with E-state index in [9.17, 15) is 0 Å². The predicted molar refractivity (Wildman–Crippen MR) is 49.7 cm³/mol. The number of hydrogen-bond donors (Lipinski definition) is 1. The van der Waals surface area contributed by atoms with Gasteiger partial charge < -0.3 is 5.23 Å². The van der Waals surface area contributed by atoms with E-state index in [1.807, 2.05) is 0 Å². The fraction of sp³-hybridized carbons (Fsp3) is 1.00. The molecule has 2 heteroatoms. The zero-order valence-electron chi connectivity index (χ0n) is 7.61. The van der Waals surface area contributed by atoms with E-state index in [4.69, 9.17) is 0 Å². The van der Waals surface area contributed by atoms with Gasteiger partial charge in [0.15, 0.2) is 7.41 Å². The van der Waals surface area contributed by atoms with E-state index in [0.717, 1.165) is 13.3 Å². The van der Waals surface area contributed by atoms with E-state index in [0.29, 0.717) is 0 Å². The third kappa shape index (κ3) is 4.86. The van der Waals surface area contributed by atoms with Crippen LogP contribution in [0.5, 0.6) is 0 Å². The molecule has 0 spiro atoms. The van der Waals surface area contributed by atoms with Crippen LogP contribution in [0, 0.1) is 5.92 Å². The van der Waals surface area contributed by atoms with E-state index in [-0.39, 0.29) is 0 Å². The molecule has 1 nitrogen and oxygen atoms in total. The molecule has 0 amide bonds.